The second kappa shape index (κ2) is 9.13. The van der Waals surface area contributed by atoms with E-state index in [1.54, 1.807) is 0 Å². The molecule has 0 unspecified atom stereocenters. The fraction of sp³-hybridized carbons (Fsp3) is 0.750. The molecular weight excluding hydrogens is 378 g/mol. The minimum absolute atomic E-state index is 0.0188. The Morgan fingerprint density at radius 3 is 2.20 bits per heavy atom. The Kier molecular flexibility index (Phi) is 6.95. The molecule has 0 radical (unpaired) electrons. The summed E-state index contributed by atoms with van der Waals surface area (Å²) in [6.07, 6.45) is 3.42. The van der Waals surface area contributed by atoms with Gasteiger partial charge in [0, 0.05) is 31.6 Å². The van der Waals surface area contributed by atoms with Crippen LogP contribution >= 0.6 is 0 Å². The molecule has 3 heterocycles. The summed E-state index contributed by atoms with van der Waals surface area (Å²) in [6.45, 7) is 15.7. The number of carbonyl (C=O) groups is 2. The minimum Gasteiger partial charge on any atom is -0.466 e. The fourth-order valence-corrected chi connectivity index (χ4v) is 4.76. The molecule has 2 aliphatic heterocycles. The first kappa shape index (κ1) is 22.9. The van der Waals surface area contributed by atoms with Gasteiger partial charge in [0.1, 0.15) is 17.1 Å². The summed E-state index contributed by atoms with van der Waals surface area (Å²) < 4.78 is 5.77. The van der Waals surface area contributed by atoms with Gasteiger partial charge in [0.15, 0.2) is 0 Å². The van der Waals surface area contributed by atoms with E-state index in [4.69, 9.17) is 4.42 Å². The van der Waals surface area contributed by atoms with E-state index in [0.717, 1.165) is 56.8 Å². The summed E-state index contributed by atoms with van der Waals surface area (Å²) in [6, 6.07) is 3.90. The minimum atomic E-state index is -0.642. The molecule has 3 amide bonds. The first-order valence-electron chi connectivity index (χ1n) is 11.6. The van der Waals surface area contributed by atoms with Crippen LogP contribution in [0.25, 0.3) is 0 Å². The van der Waals surface area contributed by atoms with Gasteiger partial charge in [-0.15, -0.1) is 0 Å². The van der Waals surface area contributed by atoms with Crippen molar-refractivity contribution in [1.29, 1.82) is 0 Å². The first-order chi connectivity index (χ1) is 14.2. The quantitative estimate of drug-likeness (QED) is 0.579. The Morgan fingerprint density at radius 2 is 1.67 bits per heavy atom. The van der Waals surface area contributed by atoms with Gasteiger partial charge >= 0.3 is 6.03 Å². The summed E-state index contributed by atoms with van der Waals surface area (Å²) >= 11 is 0. The highest BCUT2D eigenvalue weighted by Crippen LogP contribution is 2.39. The number of likely N-dealkylation sites (tertiary alicyclic amines) is 1. The number of imide groups is 1. The Balaban J connectivity index is 1.64. The van der Waals surface area contributed by atoms with E-state index in [1.807, 2.05) is 31.7 Å². The highest BCUT2D eigenvalue weighted by molar-refractivity contribution is 6.07. The van der Waals surface area contributed by atoms with Gasteiger partial charge in [-0.1, -0.05) is 20.8 Å². The summed E-state index contributed by atoms with van der Waals surface area (Å²) in [5.41, 5.74) is -0.642. The molecule has 30 heavy (non-hydrogen) atoms. The Labute approximate surface area is 181 Å². The van der Waals surface area contributed by atoms with Crippen LogP contribution in [0.1, 0.15) is 77.7 Å². The zero-order valence-corrected chi connectivity index (χ0v) is 19.6. The molecule has 2 saturated heterocycles. The van der Waals surface area contributed by atoms with Crippen molar-refractivity contribution in [3.63, 3.8) is 0 Å². The molecule has 0 bridgehead atoms. The van der Waals surface area contributed by atoms with Gasteiger partial charge in [0.25, 0.3) is 5.91 Å². The zero-order valence-electron chi connectivity index (χ0n) is 19.6. The zero-order chi connectivity index (χ0) is 22.1. The number of urea groups is 1. The standard InChI is InChI=1S/C24H39N3O3/c1-17(2)9-14-26-23(29)27(18(3)4)22(28)24(26)11-15-25(16-12-24)13-10-19(5)21-8-7-20(6)30-21/h7-8,17-19H,9-16H2,1-6H3/t19-/m1/s1. The van der Waals surface area contributed by atoms with E-state index in [0.29, 0.717) is 18.4 Å². The second-order valence-corrected chi connectivity index (χ2v) is 9.90. The fourth-order valence-electron chi connectivity index (χ4n) is 4.76. The van der Waals surface area contributed by atoms with E-state index in [1.165, 1.54) is 4.90 Å². The molecule has 168 valence electrons. The second-order valence-electron chi connectivity index (χ2n) is 9.90. The Hall–Kier alpha value is -1.82. The van der Waals surface area contributed by atoms with E-state index >= 15 is 0 Å². The molecule has 0 aromatic carbocycles. The van der Waals surface area contributed by atoms with Gasteiger partial charge in [-0.2, -0.15) is 0 Å². The molecule has 0 aliphatic carbocycles. The van der Waals surface area contributed by atoms with E-state index < -0.39 is 5.54 Å². The molecular formula is C24H39N3O3. The lowest BCUT2D eigenvalue weighted by atomic mass is 9.85. The molecule has 2 aliphatic rings. The largest absolute Gasteiger partial charge is 0.466 e. The number of hydrogen-bond donors (Lipinski definition) is 0. The average Bonchev–Trinajstić information content (AvgIpc) is 3.20. The molecule has 1 spiro atoms. The number of nitrogens with zero attached hydrogens (tertiary/aromatic N) is 3. The number of hydrogen-bond acceptors (Lipinski definition) is 4. The predicted octanol–water partition coefficient (Wildman–Crippen LogP) is 4.63. The maximum absolute atomic E-state index is 13.4. The lowest BCUT2D eigenvalue weighted by molar-refractivity contribution is -0.136. The first-order valence-corrected chi connectivity index (χ1v) is 11.6. The van der Waals surface area contributed by atoms with Crippen LogP contribution in [0.5, 0.6) is 0 Å². The monoisotopic (exact) mass is 417 g/mol. The van der Waals surface area contributed by atoms with Crippen LogP contribution in [0, 0.1) is 12.8 Å². The summed E-state index contributed by atoms with van der Waals surface area (Å²) in [7, 11) is 0. The van der Waals surface area contributed by atoms with Crippen molar-refractivity contribution in [1.82, 2.24) is 14.7 Å². The number of aryl methyl sites for hydroxylation is 1. The average molecular weight is 418 g/mol. The summed E-state index contributed by atoms with van der Waals surface area (Å²) in [5.74, 6) is 2.90. The number of amides is 3. The predicted molar refractivity (Wildman–Crippen MR) is 118 cm³/mol. The van der Waals surface area contributed by atoms with Crippen molar-refractivity contribution in [3.05, 3.63) is 23.7 Å². The van der Waals surface area contributed by atoms with Crippen molar-refractivity contribution in [2.45, 2.75) is 84.7 Å². The highest BCUT2D eigenvalue weighted by Gasteiger charge is 2.58. The van der Waals surface area contributed by atoms with Crippen molar-refractivity contribution in [3.8, 4) is 0 Å². The van der Waals surface area contributed by atoms with Crippen molar-refractivity contribution in [2.24, 2.45) is 5.92 Å². The topological polar surface area (TPSA) is 57.0 Å². The molecule has 6 nitrogen and oxygen atoms in total. The van der Waals surface area contributed by atoms with Gasteiger partial charge < -0.3 is 14.2 Å². The third-order valence-corrected chi connectivity index (χ3v) is 6.83. The van der Waals surface area contributed by atoms with Crippen LogP contribution in [-0.2, 0) is 4.79 Å². The number of carbonyl (C=O) groups excluding carboxylic acids is 2. The maximum atomic E-state index is 13.4. The van der Waals surface area contributed by atoms with Gasteiger partial charge in [0.2, 0.25) is 0 Å². The molecule has 2 fully saturated rings. The van der Waals surface area contributed by atoms with E-state index in [9.17, 15) is 9.59 Å². The van der Waals surface area contributed by atoms with Crippen molar-refractivity contribution in [2.75, 3.05) is 26.2 Å². The highest BCUT2D eigenvalue weighted by atomic mass is 16.3. The molecule has 1 aromatic heterocycles. The van der Waals surface area contributed by atoms with Gasteiger partial charge in [0.05, 0.1) is 0 Å². The van der Waals surface area contributed by atoms with E-state index in [2.05, 4.69) is 31.7 Å². The molecule has 0 saturated carbocycles. The summed E-state index contributed by atoms with van der Waals surface area (Å²) in [5, 5.41) is 0. The van der Waals surface area contributed by atoms with E-state index in [-0.39, 0.29) is 18.0 Å². The molecule has 3 rings (SSSR count). The lowest BCUT2D eigenvalue weighted by Gasteiger charge is -2.42. The molecule has 1 atom stereocenters. The van der Waals surface area contributed by atoms with Crippen LogP contribution in [0.4, 0.5) is 4.79 Å². The van der Waals surface area contributed by atoms with Crippen LogP contribution in [0.2, 0.25) is 0 Å². The van der Waals surface area contributed by atoms with Crippen molar-refractivity contribution >= 4 is 11.9 Å². The third kappa shape index (κ3) is 4.43. The van der Waals surface area contributed by atoms with Crippen LogP contribution in [0.15, 0.2) is 16.5 Å². The maximum Gasteiger partial charge on any atom is 0.327 e. The number of piperidine rings is 1. The number of rotatable bonds is 8. The molecule has 1 aromatic rings. The Bertz CT molecular complexity index is 747. The van der Waals surface area contributed by atoms with Crippen molar-refractivity contribution < 1.29 is 14.0 Å². The van der Waals surface area contributed by atoms with Crippen LogP contribution in [0.3, 0.4) is 0 Å². The summed E-state index contributed by atoms with van der Waals surface area (Å²) in [4.78, 5) is 32.3. The molecule has 0 N–H and O–H groups in total. The van der Waals surface area contributed by atoms with Gasteiger partial charge in [-0.25, -0.2) is 4.79 Å². The van der Waals surface area contributed by atoms with Crippen LogP contribution in [-0.4, -0.2) is 64.4 Å². The number of furan rings is 1. The third-order valence-electron chi connectivity index (χ3n) is 6.83. The lowest BCUT2D eigenvalue weighted by Crippen LogP contribution is -2.57. The Morgan fingerprint density at radius 1 is 1.00 bits per heavy atom. The van der Waals surface area contributed by atoms with Gasteiger partial charge in [-0.3, -0.25) is 9.69 Å². The normalized spacial score (nSPS) is 20.9. The SMILES string of the molecule is Cc1ccc([C@H](C)CCN2CCC3(CC2)C(=O)N(C(C)C)C(=O)N3CCC(C)C)o1. The molecule has 6 heteroatoms. The van der Waals surface area contributed by atoms with Crippen LogP contribution < -0.4 is 0 Å². The smallest absolute Gasteiger partial charge is 0.327 e. The van der Waals surface area contributed by atoms with Gasteiger partial charge in [-0.05, 0) is 71.0 Å².